The molecule has 2 aliphatic heterocycles. The largest absolute Gasteiger partial charge is 0.454 e. The van der Waals surface area contributed by atoms with Crippen LogP contribution in [0.15, 0.2) is 42.0 Å². The Morgan fingerprint density at radius 3 is 2.75 bits per heavy atom. The zero-order valence-electron chi connectivity index (χ0n) is 17.3. The van der Waals surface area contributed by atoms with Gasteiger partial charge in [0.25, 0.3) is 0 Å². The third-order valence-corrected chi connectivity index (χ3v) is 6.39. The second kappa shape index (κ2) is 8.97. The molecule has 1 aromatic carbocycles. The van der Waals surface area contributed by atoms with E-state index in [-0.39, 0.29) is 18.3 Å². The lowest BCUT2D eigenvalue weighted by Gasteiger charge is -2.35. The van der Waals surface area contributed by atoms with Gasteiger partial charge in [0.2, 0.25) is 18.4 Å². The molecule has 0 spiro atoms. The van der Waals surface area contributed by atoms with E-state index in [1.807, 2.05) is 40.6 Å². The predicted molar refractivity (Wildman–Crippen MR) is 120 cm³/mol. The number of rotatable bonds is 7. The van der Waals surface area contributed by atoms with Gasteiger partial charge >= 0.3 is 5.69 Å². The van der Waals surface area contributed by atoms with Crippen molar-refractivity contribution >= 4 is 28.7 Å². The van der Waals surface area contributed by atoms with E-state index in [1.165, 1.54) is 6.33 Å². The van der Waals surface area contributed by atoms with Crippen LogP contribution in [-0.2, 0) is 13.1 Å². The van der Waals surface area contributed by atoms with Crippen LogP contribution in [0.4, 0.5) is 17.3 Å². The summed E-state index contributed by atoms with van der Waals surface area (Å²) in [7, 11) is 0. The van der Waals surface area contributed by atoms with Crippen LogP contribution in [0, 0.1) is 10.1 Å². The summed E-state index contributed by atoms with van der Waals surface area (Å²) in [5, 5.41) is 16.9. The number of hydrogen-bond donors (Lipinski definition) is 1. The Labute approximate surface area is 188 Å². The fourth-order valence-electron chi connectivity index (χ4n) is 3.90. The summed E-state index contributed by atoms with van der Waals surface area (Å²) in [5.74, 6) is 2.16. The number of anilines is 2. The lowest BCUT2D eigenvalue weighted by atomic mass is 10.1. The Hall–Kier alpha value is -3.44. The number of benzene rings is 1. The van der Waals surface area contributed by atoms with Gasteiger partial charge in [-0.15, -0.1) is 11.3 Å². The van der Waals surface area contributed by atoms with Crippen molar-refractivity contribution in [2.24, 2.45) is 0 Å². The molecule has 0 amide bonds. The van der Waals surface area contributed by atoms with Crippen molar-refractivity contribution < 1.29 is 14.4 Å². The second-order valence-corrected chi connectivity index (χ2v) is 8.57. The SMILES string of the molecule is O=[N+]([O-])c1c(NCc2cccs2)ncnc1N1CCN(Cc2ccc3c(c2)OCO3)CC1. The van der Waals surface area contributed by atoms with Crippen molar-refractivity contribution in [3.05, 3.63) is 62.6 Å². The highest BCUT2D eigenvalue weighted by atomic mass is 32.1. The quantitative estimate of drug-likeness (QED) is 0.426. The smallest absolute Gasteiger partial charge is 0.353 e. The maximum atomic E-state index is 11.9. The molecule has 4 heterocycles. The zero-order chi connectivity index (χ0) is 21.9. The van der Waals surface area contributed by atoms with Crippen LogP contribution in [0.1, 0.15) is 10.4 Å². The van der Waals surface area contributed by atoms with Gasteiger partial charge in [0.1, 0.15) is 6.33 Å². The Morgan fingerprint density at radius 2 is 1.97 bits per heavy atom. The summed E-state index contributed by atoms with van der Waals surface area (Å²) < 4.78 is 10.8. The Balaban J connectivity index is 1.25. The predicted octanol–water partition coefficient (Wildman–Crippen LogP) is 3.11. The van der Waals surface area contributed by atoms with Gasteiger partial charge in [-0.2, -0.15) is 0 Å². The summed E-state index contributed by atoms with van der Waals surface area (Å²) in [6, 6.07) is 9.91. The van der Waals surface area contributed by atoms with Crippen LogP contribution in [0.25, 0.3) is 0 Å². The molecule has 0 bridgehead atoms. The maximum absolute atomic E-state index is 11.9. The molecule has 3 aromatic rings. The van der Waals surface area contributed by atoms with E-state index in [4.69, 9.17) is 9.47 Å². The number of aromatic nitrogens is 2. The summed E-state index contributed by atoms with van der Waals surface area (Å²) in [4.78, 5) is 25.2. The van der Waals surface area contributed by atoms with Crippen LogP contribution < -0.4 is 19.7 Å². The number of nitrogens with zero attached hydrogens (tertiary/aromatic N) is 5. The molecule has 0 atom stereocenters. The maximum Gasteiger partial charge on any atom is 0.353 e. The molecule has 166 valence electrons. The Kier molecular flexibility index (Phi) is 5.73. The fourth-order valence-corrected chi connectivity index (χ4v) is 4.54. The van der Waals surface area contributed by atoms with Crippen molar-refractivity contribution in [3.8, 4) is 11.5 Å². The highest BCUT2D eigenvalue weighted by Crippen LogP contribution is 2.34. The molecular weight excluding hydrogens is 432 g/mol. The molecule has 0 radical (unpaired) electrons. The normalized spacial score (nSPS) is 15.7. The van der Waals surface area contributed by atoms with E-state index >= 15 is 0 Å². The molecule has 0 saturated carbocycles. The molecule has 1 fully saturated rings. The van der Waals surface area contributed by atoms with Crippen molar-refractivity contribution in [1.29, 1.82) is 0 Å². The van der Waals surface area contributed by atoms with Gasteiger partial charge in [-0.25, -0.2) is 9.97 Å². The van der Waals surface area contributed by atoms with E-state index in [0.29, 0.717) is 25.5 Å². The number of thiophene rings is 1. The van der Waals surface area contributed by atoms with Crippen LogP contribution in [0.2, 0.25) is 0 Å². The average molecular weight is 455 g/mol. The monoisotopic (exact) mass is 454 g/mol. The standard InChI is InChI=1S/C21H22N6O4S/c28-27(29)19-20(22-11-16-2-1-9-32-16)23-13-24-21(19)26-7-5-25(6-8-26)12-15-3-4-17-18(10-15)31-14-30-17/h1-4,9-10,13H,5-8,11-12,14H2,(H,22,23,24). The van der Waals surface area contributed by atoms with Crippen molar-refractivity contribution in [1.82, 2.24) is 14.9 Å². The number of hydrogen-bond acceptors (Lipinski definition) is 10. The number of piperazine rings is 1. The van der Waals surface area contributed by atoms with E-state index in [0.717, 1.165) is 41.6 Å². The molecule has 0 aliphatic carbocycles. The summed E-state index contributed by atoms with van der Waals surface area (Å²) >= 11 is 1.59. The summed E-state index contributed by atoms with van der Waals surface area (Å²) in [5.41, 5.74) is 1.07. The third kappa shape index (κ3) is 4.30. The molecule has 2 aliphatic rings. The minimum Gasteiger partial charge on any atom is -0.454 e. The van der Waals surface area contributed by atoms with Crippen molar-refractivity contribution in [3.63, 3.8) is 0 Å². The number of nitrogens with one attached hydrogen (secondary N) is 1. The van der Waals surface area contributed by atoms with Gasteiger partial charge < -0.3 is 19.7 Å². The molecule has 11 heteroatoms. The lowest BCUT2D eigenvalue weighted by molar-refractivity contribution is -0.383. The Bertz CT molecular complexity index is 1100. The van der Waals surface area contributed by atoms with Gasteiger partial charge in [-0.05, 0) is 29.1 Å². The third-order valence-electron chi connectivity index (χ3n) is 5.51. The first-order valence-corrected chi connectivity index (χ1v) is 11.2. The highest BCUT2D eigenvalue weighted by molar-refractivity contribution is 7.09. The van der Waals surface area contributed by atoms with E-state index in [9.17, 15) is 10.1 Å². The Morgan fingerprint density at radius 1 is 1.12 bits per heavy atom. The molecule has 1 N–H and O–H groups in total. The first-order chi connectivity index (χ1) is 15.7. The summed E-state index contributed by atoms with van der Waals surface area (Å²) in [6.45, 7) is 4.36. The van der Waals surface area contributed by atoms with Crippen LogP contribution >= 0.6 is 11.3 Å². The fraction of sp³-hybridized carbons (Fsp3) is 0.333. The minimum atomic E-state index is -0.398. The first-order valence-electron chi connectivity index (χ1n) is 10.3. The van der Waals surface area contributed by atoms with Crippen molar-refractivity contribution in [2.75, 3.05) is 43.2 Å². The minimum absolute atomic E-state index is 0.0757. The molecular formula is C21H22N6O4S. The number of ether oxygens (including phenoxy) is 2. The average Bonchev–Trinajstić information content (AvgIpc) is 3.49. The second-order valence-electron chi connectivity index (χ2n) is 7.54. The van der Waals surface area contributed by atoms with E-state index < -0.39 is 4.92 Å². The molecule has 2 aromatic heterocycles. The van der Waals surface area contributed by atoms with Gasteiger partial charge in [-0.1, -0.05) is 12.1 Å². The number of fused-ring (bicyclic) bond motifs is 1. The van der Waals surface area contributed by atoms with Crippen LogP contribution in [0.3, 0.4) is 0 Å². The van der Waals surface area contributed by atoms with Gasteiger partial charge in [0.05, 0.1) is 11.5 Å². The highest BCUT2D eigenvalue weighted by Gasteiger charge is 2.29. The number of nitro groups is 1. The zero-order valence-corrected chi connectivity index (χ0v) is 18.1. The molecule has 1 saturated heterocycles. The lowest BCUT2D eigenvalue weighted by Crippen LogP contribution is -2.46. The van der Waals surface area contributed by atoms with Gasteiger partial charge in [0, 0.05) is 37.6 Å². The molecule has 0 unspecified atom stereocenters. The molecule has 32 heavy (non-hydrogen) atoms. The van der Waals surface area contributed by atoms with Crippen LogP contribution in [-0.4, -0.2) is 52.8 Å². The van der Waals surface area contributed by atoms with Gasteiger partial charge in [0.15, 0.2) is 11.5 Å². The van der Waals surface area contributed by atoms with Gasteiger partial charge in [-0.3, -0.25) is 15.0 Å². The van der Waals surface area contributed by atoms with Crippen LogP contribution in [0.5, 0.6) is 11.5 Å². The van der Waals surface area contributed by atoms with E-state index in [2.05, 4.69) is 20.2 Å². The summed E-state index contributed by atoms with van der Waals surface area (Å²) in [6.07, 6.45) is 1.39. The first kappa shape index (κ1) is 20.5. The van der Waals surface area contributed by atoms with E-state index in [1.54, 1.807) is 11.3 Å². The molecule has 5 rings (SSSR count). The van der Waals surface area contributed by atoms with Crippen molar-refractivity contribution in [2.45, 2.75) is 13.1 Å². The topological polar surface area (TPSA) is 106 Å². The molecule has 10 nitrogen and oxygen atoms in total.